The van der Waals surface area contributed by atoms with Gasteiger partial charge in [0.25, 0.3) is 0 Å². The molecule has 21 heavy (non-hydrogen) atoms. The van der Waals surface area contributed by atoms with Gasteiger partial charge in [-0.2, -0.15) is 5.10 Å². The first-order valence-corrected chi connectivity index (χ1v) is 7.69. The molecule has 0 aliphatic rings. The highest BCUT2D eigenvalue weighted by atomic mass is 16.1. The van der Waals surface area contributed by atoms with E-state index in [2.05, 4.69) is 44.1 Å². The fraction of sp³-hybridized carbons (Fsp3) is 0.444. The number of hydrogen-bond acceptors (Lipinski definition) is 2. The SMILES string of the molecule is CCC(C)n1ccc(CC(=O)CCc2cccc(C)c2)n1. The number of benzene rings is 1. The van der Waals surface area contributed by atoms with Crippen molar-refractivity contribution < 1.29 is 4.79 Å². The summed E-state index contributed by atoms with van der Waals surface area (Å²) in [6, 6.07) is 10.7. The Labute approximate surface area is 127 Å². The largest absolute Gasteiger partial charge is 0.299 e. The van der Waals surface area contributed by atoms with Gasteiger partial charge in [0.05, 0.1) is 12.1 Å². The van der Waals surface area contributed by atoms with Crippen molar-refractivity contribution in [2.75, 3.05) is 0 Å². The second kappa shape index (κ2) is 7.21. The predicted octanol–water partition coefficient (Wildman–Crippen LogP) is 3.91. The lowest BCUT2D eigenvalue weighted by atomic mass is 10.0. The van der Waals surface area contributed by atoms with Crippen molar-refractivity contribution in [3.05, 3.63) is 53.3 Å². The molecule has 0 aliphatic heterocycles. The van der Waals surface area contributed by atoms with Crippen molar-refractivity contribution in [2.45, 2.75) is 52.5 Å². The van der Waals surface area contributed by atoms with E-state index in [4.69, 9.17) is 0 Å². The highest BCUT2D eigenvalue weighted by Gasteiger charge is 2.09. The molecule has 0 radical (unpaired) electrons. The van der Waals surface area contributed by atoms with Crippen LogP contribution in [0.15, 0.2) is 36.5 Å². The van der Waals surface area contributed by atoms with E-state index in [0.717, 1.165) is 18.5 Å². The summed E-state index contributed by atoms with van der Waals surface area (Å²) in [7, 11) is 0. The fourth-order valence-corrected chi connectivity index (χ4v) is 2.35. The Morgan fingerprint density at radius 2 is 2.14 bits per heavy atom. The molecule has 1 unspecified atom stereocenters. The molecule has 0 aliphatic carbocycles. The molecule has 1 heterocycles. The number of aromatic nitrogens is 2. The average molecular weight is 284 g/mol. The van der Waals surface area contributed by atoms with Crippen LogP contribution in [0.2, 0.25) is 0 Å². The van der Waals surface area contributed by atoms with Crippen molar-refractivity contribution in [1.82, 2.24) is 9.78 Å². The Morgan fingerprint density at radius 1 is 1.33 bits per heavy atom. The van der Waals surface area contributed by atoms with E-state index in [1.54, 1.807) is 0 Å². The lowest BCUT2D eigenvalue weighted by Crippen LogP contribution is -2.08. The zero-order chi connectivity index (χ0) is 15.2. The molecule has 112 valence electrons. The van der Waals surface area contributed by atoms with Gasteiger partial charge in [-0.1, -0.05) is 36.8 Å². The monoisotopic (exact) mass is 284 g/mol. The van der Waals surface area contributed by atoms with Crippen LogP contribution in [0.25, 0.3) is 0 Å². The average Bonchev–Trinajstić information content (AvgIpc) is 2.93. The maximum atomic E-state index is 12.1. The minimum absolute atomic E-state index is 0.255. The summed E-state index contributed by atoms with van der Waals surface area (Å²) in [6.07, 6.45) is 4.85. The van der Waals surface area contributed by atoms with E-state index in [9.17, 15) is 4.79 Å². The fourth-order valence-electron chi connectivity index (χ4n) is 2.35. The standard InChI is InChI=1S/C18H24N2O/c1-4-15(3)20-11-10-17(19-20)13-18(21)9-8-16-7-5-6-14(2)12-16/h5-7,10-12,15H,4,8-9,13H2,1-3H3. The van der Waals surface area contributed by atoms with Gasteiger partial charge < -0.3 is 0 Å². The van der Waals surface area contributed by atoms with Crippen molar-refractivity contribution in [2.24, 2.45) is 0 Å². The van der Waals surface area contributed by atoms with Gasteiger partial charge in [-0.05, 0) is 38.3 Å². The van der Waals surface area contributed by atoms with Gasteiger partial charge in [0, 0.05) is 18.7 Å². The summed E-state index contributed by atoms with van der Waals surface area (Å²) in [5, 5.41) is 4.49. The molecule has 0 saturated heterocycles. The van der Waals surface area contributed by atoms with Crippen LogP contribution >= 0.6 is 0 Å². The van der Waals surface area contributed by atoms with Crippen molar-refractivity contribution in [3.63, 3.8) is 0 Å². The number of rotatable bonds is 7. The molecule has 0 bridgehead atoms. The Hall–Kier alpha value is -1.90. The summed E-state index contributed by atoms with van der Waals surface area (Å²) in [5.41, 5.74) is 3.35. The molecule has 0 N–H and O–H groups in total. The topological polar surface area (TPSA) is 34.9 Å². The Morgan fingerprint density at radius 3 is 2.86 bits per heavy atom. The minimum atomic E-state index is 0.255. The van der Waals surface area contributed by atoms with Gasteiger partial charge in [0.2, 0.25) is 0 Å². The molecule has 0 spiro atoms. The van der Waals surface area contributed by atoms with Crippen LogP contribution in [0.3, 0.4) is 0 Å². The summed E-state index contributed by atoms with van der Waals surface area (Å²) in [6.45, 7) is 6.35. The maximum absolute atomic E-state index is 12.1. The van der Waals surface area contributed by atoms with Gasteiger partial charge >= 0.3 is 0 Å². The molecule has 1 atom stereocenters. The van der Waals surface area contributed by atoms with Gasteiger partial charge in [-0.25, -0.2) is 0 Å². The van der Waals surface area contributed by atoms with Crippen LogP contribution in [0.4, 0.5) is 0 Å². The third-order valence-electron chi connectivity index (χ3n) is 3.86. The lowest BCUT2D eigenvalue weighted by molar-refractivity contribution is -0.118. The van der Waals surface area contributed by atoms with Gasteiger partial charge in [0.15, 0.2) is 0 Å². The summed E-state index contributed by atoms with van der Waals surface area (Å²) < 4.78 is 1.95. The predicted molar refractivity (Wildman–Crippen MR) is 85.4 cm³/mol. The molecule has 2 aromatic rings. The Bertz CT molecular complexity index is 601. The van der Waals surface area contributed by atoms with E-state index in [1.807, 2.05) is 23.0 Å². The number of carbonyl (C=O) groups excluding carboxylic acids is 1. The maximum Gasteiger partial charge on any atom is 0.139 e. The molecular formula is C18H24N2O. The smallest absolute Gasteiger partial charge is 0.139 e. The molecular weight excluding hydrogens is 260 g/mol. The number of Topliss-reactive ketones (excluding diaryl/α,β-unsaturated/α-hetero) is 1. The highest BCUT2D eigenvalue weighted by molar-refractivity contribution is 5.80. The highest BCUT2D eigenvalue weighted by Crippen LogP contribution is 2.11. The number of carbonyl (C=O) groups is 1. The van der Waals surface area contributed by atoms with Gasteiger partial charge in [-0.15, -0.1) is 0 Å². The molecule has 0 amide bonds. The lowest BCUT2D eigenvalue weighted by Gasteiger charge is -2.08. The van der Waals surface area contributed by atoms with E-state index >= 15 is 0 Å². The first-order chi connectivity index (χ1) is 10.1. The number of aryl methyl sites for hydroxylation is 2. The second-order valence-electron chi connectivity index (χ2n) is 5.75. The van der Waals surface area contributed by atoms with E-state index < -0.39 is 0 Å². The van der Waals surface area contributed by atoms with Gasteiger partial charge in [0.1, 0.15) is 5.78 Å². The van der Waals surface area contributed by atoms with Crippen molar-refractivity contribution >= 4 is 5.78 Å². The van der Waals surface area contributed by atoms with Crippen LogP contribution in [0.5, 0.6) is 0 Å². The van der Waals surface area contributed by atoms with E-state index in [0.29, 0.717) is 18.9 Å². The first-order valence-electron chi connectivity index (χ1n) is 7.69. The zero-order valence-electron chi connectivity index (χ0n) is 13.2. The van der Waals surface area contributed by atoms with Crippen LogP contribution in [0.1, 0.15) is 49.6 Å². The summed E-state index contributed by atoms with van der Waals surface area (Å²) in [5.74, 6) is 0.255. The minimum Gasteiger partial charge on any atom is -0.299 e. The number of ketones is 1. The summed E-state index contributed by atoms with van der Waals surface area (Å²) in [4.78, 5) is 12.1. The van der Waals surface area contributed by atoms with Crippen LogP contribution < -0.4 is 0 Å². The molecule has 2 rings (SSSR count). The number of nitrogens with zero attached hydrogens (tertiary/aromatic N) is 2. The summed E-state index contributed by atoms with van der Waals surface area (Å²) >= 11 is 0. The van der Waals surface area contributed by atoms with Crippen molar-refractivity contribution in [1.29, 1.82) is 0 Å². The second-order valence-corrected chi connectivity index (χ2v) is 5.75. The van der Waals surface area contributed by atoms with E-state index in [-0.39, 0.29) is 5.78 Å². The van der Waals surface area contributed by atoms with E-state index in [1.165, 1.54) is 11.1 Å². The molecule has 1 aromatic heterocycles. The molecule has 1 aromatic carbocycles. The van der Waals surface area contributed by atoms with Gasteiger partial charge in [-0.3, -0.25) is 9.48 Å². The van der Waals surface area contributed by atoms with Crippen molar-refractivity contribution in [3.8, 4) is 0 Å². The van der Waals surface area contributed by atoms with Crippen LogP contribution in [-0.4, -0.2) is 15.6 Å². The first kappa shape index (κ1) is 15.5. The quantitative estimate of drug-likeness (QED) is 0.772. The Balaban J connectivity index is 1.86. The zero-order valence-corrected chi connectivity index (χ0v) is 13.2. The molecule has 3 heteroatoms. The normalized spacial score (nSPS) is 12.3. The van der Waals surface area contributed by atoms with Crippen LogP contribution in [-0.2, 0) is 17.6 Å². The number of hydrogen-bond donors (Lipinski definition) is 0. The molecule has 0 fully saturated rings. The third kappa shape index (κ3) is 4.55. The molecule has 3 nitrogen and oxygen atoms in total. The Kier molecular flexibility index (Phi) is 5.32. The van der Waals surface area contributed by atoms with Crippen LogP contribution in [0, 0.1) is 6.92 Å². The third-order valence-corrected chi connectivity index (χ3v) is 3.86. The molecule has 0 saturated carbocycles.